The van der Waals surface area contributed by atoms with E-state index in [1.54, 1.807) is 17.0 Å². The largest absolute Gasteiger partial charge is 0.495 e. The summed E-state index contributed by atoms with van der Waals surface area (Å²) in [7, 11) is -2.16. The second kappa shape index (κ2) is 8.19. The molecular formula is C18H28N2O4S. The molecule has 0 atom stereocenters. The third-order valence-electron chi connectivity index (χ3n) is 4.73. The molecule has 1 aliphatic rings. The van der Waals surface area contributed by atoms with Crippen LogP contribution in [0.25, 0.3) is 0 Å². The Hall–Kier alpha value is -1.60. The second-order valence-corrected chi connectivity index (χ2v) is 8.38. The normalized spacial score (nSPS) is 16.1. The fourth-order valence-corrected chi connectivity index (χ4v) is 4.57. The first-order chi connectivity index (χ1) is 11.8. The van der Waals surface area contributed by atoms with Crippen molar-refractivity contribution in [3.8, 4) is 5.75 Å². The van der Waals surface area contributed by atoms with Crippen LogP contribution in [0, 0.1) is 13.8 Å². The summed E-state index contributed by atoms with van der Waals surface area (Å²) in [5, 5.41) is 0. The number of hydrogen-bond donors (Lipinski definition) is 0. The molecule has 25 heavy (non-hydrogen) atoms. The van der Waals surface area contributed by atoms with E-state index in [4.69, 9.17) is 4.74 Å². The van der Waals surface area contributed by atoms with Crippen LogP contribution >= 0.6 is 0 Å². The zero-order valence-corrected chi connectivity index (χ0v) is 16.4. The molecule has 1 fully saturated rings. The number of nitrogens with zero attached hydrogens (tertiary/aromatic N) is 2. The standard InChI is InChI=1S/C18H28N2O4S/c1-5-6-7-18(21)19-8-10-20(11-9-19)25(22,23)17-13-15(3)14(2)12-16(17)24-4/h12-13H,5-11H2,1-4H3. The molecule has 2 rings (SSSR count). The number of hydrogen-bond acceptors (Lipinski definition) is 4. The van der Waals surface area contributed by atoms with Gasteiger partial charge in [0, 0.05) is 32.6 Å². The summed E-state index contributed by atoms with van der Waals surface area (Å²) in [4.78, 5) is 14.1. The Morgan fingerprint density at radius 1 is 1.12 bits per heavy atom. The topological polar surface area (TPSA) is 66.9 Å². The summed E-state index contributed by atoms with van der Waals surface area (Å²) < 4.78 is 32.8. The summed E-state index contributed by atoms with van der Waals surface area (Å²) in [6, 6.07) is 3.43. The van der Waals surface area contributed by atoms with Crippen LogP contribution in [0.5, 0.6) is 5.75 Å². The Morgan fingerprint density at radius 2 is 1.72 bits per heavy atom. The van der Waals surface area contributed by atoms with Crippen LogP contribution in [0.3, 0.4) is 0 Å². The Bertz CT molecular complexity index is 723. The lowest BCUT2D eigenvalue weighted by atomic mass is 10.1. The second-order valence-electron chi connectivity index (χ2n) is 6.48. The van der Waals surface area contributed by atoms with Gasteiger partial charge in [-0.15, -0.1) is 0 Å². The van der Waals surface area contributed by atoms with Crippen LogP contribution in [0.4, 0.5) is 0 Å². The number of carbonyl (C=O) groups excluding carboxylic acids is 1. The lowest BCUT2D eigenvalue weighted by Gasteiger charge is -2.34. The maximum absolute atomic E-state index is 13.0. The van der Waals surface area contributed by atoms with E-state index in [-0.39, 0.29) is 10.8 Å². The van der Waals surface area contributed by atoms with E-state index in [0.717, 1.165) is 24.0 Å². The van der Waals surface area contributed by atoms with Crippen LogP contribution in [-0.2, 0) is 14.8 Å². The van der Waals surface area contributed by atoms with Gasteiger partial charge in [-0.05, 0) is 43.5 Å². The molecule has 0 saturated carbocycles. The number of ether oxygens (including phenoxy) is 1. The summed E-state index contributed by atoms with van der Waals surface area (Å²) in [6.45, 7) is 7.37. The third-order valence-corrected chi connectivity index (χ3v) is 6.65. The van der Waals surface area contributed by atoms with Crippen molar-refractivity contribution in [3.63, 3.8) is 0 Å². The molecule has 1 aromatic rings. The average Bonchev–Trinajstić information content (AvgIpc) is 2.61. The minimum Gasteiger partial charge on any atom is -0.495 e. The number of unbranched alkanes of at least 4 members (excludes halogenated alkanes) is 1. The van der Waals surface area contributed by atoms with Gasteiger partial charge in [0.1, 0.15) is 10.6 Å². The van der Waals surface area contributed by atoms with Gasteiger partial charge in [-0.1, -0.05) is 13.3 Å². The van der Waals surface area contributed by atoms with Crippen LogP contribution in [0.15, 0.2) is 17.0 Å². The van der Waals surface area contributed by atoms with Crippen molar-refractivity contribution < 1.29 is 17.9 Å². The van der Waals surface area contributed by atoms with Crippen molar-refractivity contribution in [2.24, 2.45) is 0 Å². The number of amides is 1. The number of rotatable bonds is 6. The molecule has 0 bridgehead atoms. The molecule has 1 aromatic carbocycles. The Morgan fingerprint density at radius 3 is 2.28 bits per heavy atom. The first-order valence-electron chi connectivity index (χ1n) is 8.74. The molecule has 140 valence electrons. The highest BCUT2D eigenvalue weighted by Crippen LogP contribution is 2.30. The molecule has 1 amide bonds. The number of sulfonamides is 1. The summed E-state index contributed by atoms with van der Waals surface area (Å²) in [5.41, 5.74) is 1.90. The van der Waals surface area contributed by atoms with E-state index in [1.807, 2.05) is 13.8 Å². The van der Waals surface area contributed by atoms with Crippen LogP contribution < -0.4 is 4.74 Å². The van der Waals surface area contributed by atoms with Gasteiger partial charge in [0.15, 0.2) is 0 Å². The molecule has 0 N–H and O–H groups in total. The van der Waals surface area contributed by atoms with Gasteiger partial charge in [0.05, 0.1) is 7.11 Å². The van der Waals surface area contributed by atoms with E-state index in [0.29, 0.717) is 38.3 Å². The molecule has 6 nitrogen and oxygen atoms in total. The monoisotopic (exact) mass is 368 g/mol. The Kier molecular flexibility index (Phi) is 6.46. The number of carbonyl (C=O) groups is 1. The van der Waals surface area contributed by atoms with Gasteiger partial charge >= 0.3 is 0 Å². The van der Waals surface area contributed by atoms with Crippen molar-refractivity contribution in [3.05, 3.63) is 23.3 Å². The summed E-state index contributed by atoms with van der Waals surface area (Å²) in [6.07, 6.45) is 2.39. The maximum atomic E-state index is 13.0. The number of aryl methyl sites for hydroxylation is 2. The summed E-state index contributed by atoms with van der Waals surface area (Å²) >= 11 is 0. The quantitative estimate of drug-likeness (QED) is 0.773. The van der Waals surface area contributed by atoms with E-state index in [2.05, 4.69) is 6.92 Å². The van der Waals surface area contributed by atoms with Crippen LogP contribution in [0.1, 0.15) is 37.3 Å². The van der Waals surface area contributed by atoms with Crippen molar-refractivity contribution >= 4 is 15.9 Å². The fourth-order valence-electron chi connectivity index (χ4n) is 2.93. The van der Waals surface area contributed by atoms with E-state index >= 15 is 0 Å². The van der Waals surface area contributed by atoms with Gasteiger partial charge in [0.25, 0.3) is 0 Å². The van der Waals surface area contributed by atoms with Crippen LogP contribution in [0.2, 0.25) is 0 Å². The lowest BCUT2D eigenvalue weighted by molar-refractivity contribution is -0.132. The van der Waals surface area contributed by atoms with E-state index in [9.17, 15) is 13.2 Å². The first-order valence-corrected chi connectivity index (χ1v) is 10.2. The minimum atomic E-state index is -3.64. The van der Waals surface area contributed by atoms with Crippen LogP contribution in [-0.4, -0.2) is 56.8 Å². The zero-order chi connectivity index (χ0) is 18.6. The predicted molar refractivity (Wildman–Crippen MR) is 97.3 cm³/mol. The highest BCUT2D eigenvalue weighted by Gasteiger charge is 2.32. The Balaban J connectivity index is 2.15. The van der Waals surface area contributed by atoms with Gasteiger partial charge in [-0.25, -0.2) is 8.42 Å². The molecule has 1 saturated heterocycles. The Labute approximate surface area is 150 Å². The van der Waals surface area contributed by atoms with Crippen molar-refractivity contribution in [2.75, 3.05) is 33.3 Å². The van der Waals surface area contributed by atoms with Crippen molar-refractivity contribution in [1.82, 2.24) is 9.21 Å². The van der Waals surface area contributed by atoms with Gasteiger partial charge < -0.3 is 9.64 Å². The van der Waals surface area contributed by atoms with Gasteiger partial charge in [-0.3, -0.25) is 4.79 Å². The van der Waals surface area contributed by atoms with E-state index in [1.165, 1.54) is 11.4 Å². The summed E-state index contributed by atoms with van der Waals surface area (Å²) in [5.74, 6) is 0.479. The van der Waals surface area contributed by atoms with E-state index < -0.39 is 10.0 Å². The molecule has 0 aliphatic carbocycles. The molecular weight excluding hydrogens is 340 g/mol. The zero-order valence-electron chi connectivity index (χ0n) is 15.5. The first kappa shape index (κ1) is 19.7. The number of benzene rings is 1. The molecule has 1 heterocycles. The smallest absolute Gasteiger partial charge is 0.246 e. The SMILES string of the molecule is CCCCC(=O)N1CCN(S(=O)(=O)c2cc(C)c(C)cc2OC)CC1. The molecule has 0 spiro atoms. The fraction of sp³-hybridized carbons (Fsp3) is 0.611. The van der Waals surface area contributed by atoms with Crippen molar-refractivity contribution in [1.29, 1.82) is 0 Å². The molecule has 0 radical (unpaired) electrons. The predicted octanol–water partition coefficient (Wildman–Crippen LogP) is 2.34. The molecule has 1 aliphatic heterocycles. The lowest BCUT2D eigenvalue weighted by Crippen LogP contribution is -2.50. The number of methoxy groups -OCH3 is 1. The van der Waals surface area contributed by atoms with Crippen molar-refractivity contribution in [2.45, 2.75) is 44.9 Å². The number of piperazine rings is 1. The molecule has 7 heteroatoms. The molecule has 0 aromatic heterocycles. The highest BCUT2D eigenvalue weighted by molar-refractivity contribution is 7.89. The third kappa shape index (κ3) is 4.33. The van der Waals surface area contributed by atoms with Gasteiger partial charge in [-0.2, -0.15) is 4.31 Å². The minimum absolute atomic E-state index is 0.114. The average molecular weight is 368 g/mol. The maximum Gasteiger partial charge on any atom is 0.246 e. The molecule has 0 unspecified atom stereocenters. The highest BCUT2D eigenvalue weighted by atomic mass is 32.2. The van der Waals surface area contributed by atoms with Gasteiger partial charge in [0.2, 0.25) is 15.9 Å².